The molecule has 3 rings (SSSR count). The molecule has 0 unspecified atom stereocenters. The molecule has 0 aliphatic heterocycles. The first-order valence-corrected chi connectivity index (χ1v) is 6.37. The molecule has 0 spiro atoms. The van der Waals surface area contributed by atoms with Crippen molar-refractivity contribution >= 4 is 39.1 Å². The minimum atomic E-state index is -0.555. The number of ether oxygens (including phenoxy) is 1. The molecule has 7 heteroatoms. The SMILES string of the molecule is COc1ccc2c(=O)c3c(Cl)ccc([N+](=O)[O-])c3[nH]c2c1. The van der Waals surface area contributed by atoms with Gasteiger partial charge in [-0.1, -0.05) is 11.6 Å². The van der Waals surface area contributed by atoms with Crippen LogP contribution in [0.2, 0.25) is 5.02 Å². The van der Waals surface area contributed by atoms with Crippen molar-refractivity contribution in [1.29, 1.82) is 0 Å². The van der Waals surface area contributed by atoms with E-state index < -0.39 is 4.92 Å². The molecule has 106 valence electrons. The van der Waals surface area contributed by atoms with Gasteiger partial charge in [0.15, 0.2) is 5.43 Å². The minimum Gasteiger partial charge on any atom is -0.497 e. The molecular formula is C14H9ClN2O4. The summed E-state index contributed by atoms with van der Waals surface area (Å²) in [7, 11) is 1.50. The van der Waals surface area contributed by atoms with E-state index in [-0.39, 0.29) is 27.0 Å². The molecular weight excluding hydrogens is 296 g/mol. The summed E-state index contributed by atoms with van der Waals surface area (Å²) < 4.78 is 5.09. The van der Waals surface area contributed by atoms with Crippen LogP contribution >= 0.6 is 11.6 Å². The summed E-state index contributed by atoms with van der Waals surface area (Å²) in [6.07, 6.45) is 0. The summed E-state index contributed by atoms with van der Waals surface area (Å²) in [6, 6.07) is 7.48. The third kappa shape index (κ3) is 2.00. The van der Waals surface area contributed by atoms with Crippen LogP contribution in [0, 0.1) is 10.1 Å². The van der Waals surface area contributed by atoms with E-state index in [0.29, 0.717) is 16.7 Å². The number of methoxy groups -OCH3 is 1. The lowest BCUT2D eigenvalue weighted by Gasteiger charge is -2.06. The Morgan fingerprint density at radius 3 is 2.71 bits per heavy atom. The van der Waals surface area contributed by atoms with Gasteiger partial charge < -0.3 is 9.72 Å². The largest absolute Gasteiger partial charge is 0.497 e. The fourth-order valence-electron chi connectivity index (χ4n) is 2.29. The maximum absolute atomic E-state index is 12.5. The maximum Gasteiger partial charge on any atom is 0.293 e. The zero-order valence-electron chi connectivity index (χ0n) is 10.8. The summed E-state index contributed by atoms with van der Waals surface area (Å²) in [5, 5.41) is 11.8. The van der Waals surface area contributed by atoms with Gasteiger partial charge in [0.1, 0.15) is 11.3 Å². The van der Waals surface area contributed by atoms with Gasteiger partial charge in [0, 0.05) is 17.5 Å². The van der Waals surface area contributed by atoms with Crippen LogP contribution in [0.25, 0.3) is 21.8 Å². The molecule has 1 heterocycles. The highest BCUT2D eigenvalue weighted by Crippen LogP contribution is 2.30. The van der Waals surface area contributed by atoms with Crippen LogP contribution in [0.15, 0.2) is 35.1 Å². The number of pyridine rings is 1. The quantitative estimate of drug-likeness (QED) is 0.447. The summed E-state index contributed by atoms with van der Waals surface area (Å²) in [4.78, 5) is 26.0. The van der Waals surface area contributed by atoms with Crippen molar-refractivity contribution in [3.63, 3.8) is 0 Å². The summed E-state index contributed by atoms with van der Waals surface area (Å²) in [5.41, 5.74) is 0.0155. The third-order valence-corrected chi connectivity index (χ3v) is 3.60. The summed E-state index contributed by atoms with van der Waals surface area (Å²) in [5.74, 6) is 0.544. The Balaban J connectivity index is 2.56. The predicted octanol–water partition coefficient (Wildman–Crippen LogP) is 3.25. The number of non-ortho nitro benzene ring substituents is 1. The molecule has 0 aliphatic rings. The molecule has 0 saturated carbocycles. The lowest BCUT2D eigenvalue weighted by molar-refractivity contribution is -0.383. The second kappa shape index (κ2) is 4.75. The number of hydrogen-bond acceptors (Lipinski definition) is 4. The number of aromatic nitrogens is 1. The molecule has 0 bridgehead atoms. The van der Waals surface area contributed by atoms with Gasteiger partial charge in [0.2, 0.25) is 0 Å². The Morgan fingerprint density at radius 1 is 1.29 bits per heavy atom. The number of rotatable bonds is 2. The molecule has 0 fully saturated rings. The van der Waals surface area contributed by atoms with Crippen molar-refractivity contribution < 1.29 is 9.66 Å². The van der Waals surface area contributed by atoms with Crippen molar-refractivity contribution in [3.8, 4) is 5.75 Å². The number of benzene rings is 2. The topological polar surface area (TPSA) is 85.2 Å². The van der Waals surface area contributed by atoms with Crippen LogP contribution in [0.3, 0.4) is 0 Å². The van der Waals surface area contributed by atoms with Crippen molar-refractivity contribution in [1.82, 2.24) is 4.98 Å². The molecule has 6 nitrogen and oxygen atoms in total. The van der Waals surface area contributed by atoms with Gasteiger partial charge >= 0.3 is 0 Å². The van der Waals surface area contributed by atoms with E-state index in [1.807, 2.05) is 0 Å². The van der Waals surface area contributed by atoms with Crippen LogP contribution in [0.4, 0.5) is 5.69 Å². The van der Waals surface area contributed by atoms with Crippen molar-refractivity contribution in [3.05, 3.63) is 55.7 Å². The average Bonchev–Trinajstić information content (AvgIpc) is 2.46. The molecule has 1 aromatic heterocycles. The normalized spacial score (nSPS) is 11.0. The van der Waals surface area contributed by atoms with E-state index >= 15 is 0 Å². The first kappa shape index (κ1) is 13.4. The standard InChI is InChI=1S/C14H9ClN2O4/c1-21-7-2-3-8-10(6-7)16-13-11(17(19)20)5-4-9(15)12(13)14(8)18/h2-6H,1H3,(H,16,18). The Hall–Kier alpha value is -2.60. The monoisotopic (exact) mass is 304 g/mol. The van der Waals surface area contributed by atoms with E-state index in [1.165, 1.54) is 19.2 Å². The summed E-state index contributed by atoms with van der Waals surface area (Å²) in [6.45, 7) is 0. The highest BCUT2D eigenvalue weighted by molar-refractivity contribution is 6.36. The fourth-order valence-corrected chi connectivity index (χ4v) is 2.53. The lowest BCUT2D eigenvalue weighted by Crippen LogP contribution is -2.06. The third-order valence-electron chi connectivity index (χ3n) is 3.29. The number of nitro benzene ring substituents is 1. The van der Waals surface area contributed by atoms with E-state index in [1.54, 1.807) is 18.2 Å². The number of nitrogens with one attached hydrogen (secondary N) is 1. The number of aromatic amines is 1. The lowest BCUT2D eigenvalue weighted by atomic mass is 10.1. The van der Waals surface area contributed by atoms with Crippen molar-refractivity contribution in [2.45, 2.75) is 0 Å². The highest BCUT2D eigenvalue weighted by Gasteiger charge is 2.18. The Bertz CT molecular complexity index is 949. The van der Waals surface area contributed by atoms with Crippen LogP contribution in [-0.2, 0) is 0 Å². The molecule has 0 atom stereocenters. The van der Waals surface area contributed by atoms with Crippen molar-refractivity contribution in [2.75, 3.05) is 7.11 Å². The van der Waals surface area contributed by atoms with Crippen LogP contribution in [0.5, 0.6) is 5.75 Å². The van der Waals surface area contributed by atoms with Crippen molar-refractivity contribution in [2.24, 2.45) is 0 Å². The second-order valence-corrected chi connectivity index (χ2v) is 4.85. The van der Waals surface area contributed by atoms with E-state index in [2.05, 4.69) is 4.98 Å². The van der Waals surface area contributed by atoms with Gasteiger partial charge in [-0.3, -0.25) is 14.9 Å². The van der Waals surface area contributed by atoms with Gasteiger partial charge in [-0.2, -0.15) is 0 Å². The smallest absolute Gasteiger partial charge is 0.293 e. The van der Waals surface area contributed by atoms with E-state index in [0.717, 1.165) is 0 Å². The Labute approximate surface area is 123 Å². The van der Waals surface area contributed by atoms with Crippen LogP contribution in [-0.4, -0.2) is 17.0 Å². The molecule has 2 aromatic carbocycles. The minimum absolute atomic E-state index is 0.109. The number of nitro groups is 1. The fraction of sp³-hybridized carbons (Fsp3) is 0.0714. The highest BCUT2D eigenvalue weighted by atomic mass is 35.5. The number of hydrogen-bond donors (Lipinski definition) is 1. The van der Waals surface area contributed by atoms with E-state index in [9.17, 15) is 14.9 Å². The molecule has 0 aliphatic carbocycles. The van der Waals surface area contributed by atoms with Gasteiger partial charge in [-0.15, -0.1) is 0 Å². The Kier molecular flexibility index (Phi) is 3.03. The number of fused-ring (bicyclic) bond motifs is 2. The van der Waals surface area contributed by atoms with Gasteiger partial charge in [0.25, 0.3) is 5.69 Å². The average molecular weight is 305 g/mol. The molecule has 3 aromatic rings. The van der Waals surface area contributed by atoms with Gasteiger partial charge in [-0.25, -0.2) is 0 Å². The second-order valence-electron chi connectivity index (χ2n) is 4.44. The molecule has 0 amide bonds. The summed E-state index contributed by atoms with van der Waals surface area (Å²) >= 11 is 6.03. The molecule has 21 heavy (non-hydrogen) atoms. The number of H-pyrrole nitrogens is 1. The number of halogens is 1. The first-order valence-electron chi connectivity index (χ1n) is 5.99. The van der Waals surface area contributed by atoms with Gasteiger partial charge in [-0.05, 0) is 18.2 Å². The molecule has 0 radical (unpaired) electrons. The van der Waals surface area contributed by atoms with E-state index in [4.69, 9.17) is 16.3 Å². The predicted molar refractivity (Wildman–Crippen MR) is 80.3 cm³/mol. The van der Waals surface area contributed by atoms with Gasteiger partial charge in [0.05, 0.1) is 28.0 Å². The zero-order chi connectivity index (χ0) is 15.1. The number of nitrogens with zero attached hydrogens (tertiary/aromatic N) is 1. The first-order chi connectivity index (χ1) is 10.0. The molecule has 0 saturated heterocycles. The Morgan fingerprint density at radius 2 is 2.05 bits per heavy atom. The maximum atomic E-state index is 12.5. The van der Waals surface area contributed by atoms with Crippen LogP contribution < -0.4 is 10.2 Å². The van der Waals surface area contributed by atoms with Crippen LogP contribution in [0.1, 0.15) is 0 Å². The zero-order valence-corrected chi connectivity index (χ0v) is 11.6. The molecule has 1 N–H and O–H groups in total.